The van der Waals surface area contributed by atoms with Gasteiger partial charge in [-0.05, 0) is 23.1 Å². The van der Waals surface area contributed by atoms with Crippen LogP contribution in [0.15, 0.2) is 18.2 Å². The molecule has 0 bridgehead atoms. The van der Waals surface area contributed by atoms with Gasteiger partial charge in [0.25, 0.3) is 0 Å². The number of rotatable bonds is 2. The zero-order chi connectivity index (χ0) is 13.9. The molecular weight excluding hydrogens is 230 g/mol. The van der Waals surface area contributed by atoms with E-state index in [0.29, 0.717) is 11.8 Å². The average molecular weight is 249 g/mol. The molecule has 1 rings (SSSR count). The summed E-state index contributed by atoms with van der Waals surface area (Å²) in [6, 6.07) is 5.28. The lowest BCUT2D eigenvalue weighted by Crippen LogP contribution is -2.25. The van der Waals surface area contributed by atoms with Crippen molar-refractivity contribution in [2.45, 2.75) is 26.2 Å². The number of benzene rings is 1. The lowest BCUT2D eigenvalue weighted by atomic mass is 9.86. The first-order valence-electron chi connectivity index (χ1n) is 5.74. The van der Waals surface area contributed by atoms with E-state index in [1.54, 1.807) is 26.2 Å². The zero-order valence-corrected chi connectivity index (χ0v) is 11.5. The van der Waals surface area contributed by atoms with Crippen molar-refractivity contribution < 1.29 is 14.3 Å². The van der Waals surface area contributed by atoms with Crippen LogP contribution in [-0.2, 0) is 5.41 Å². The van der Waals surface area contributed by atoms with Crippen LogP contribution in [0.2, 0.25) is 0 Å². The summed E-state index contributed by atoms with van der Waals surface area (Å²) >= 11 is 0. The van der Waals surface area contributed by atoms with Gasteiger partial charge in [0.1, 0.15) is 5.75 Å². The van der Waals surface area contributed by atoms with E-state index in [9.17, 15) is 9.59 Å². The van der Waals surface area contributed by atoms with E-state index in [2.05, 4.69) is 20.8 Å². The highest BCUT2D eigenvalue weighted by atomic mass is 16.6. The zero-order valence-electron chi connectivity index (χ0n) is 11.5. The van der Waals surface area contributed by atoms with Gasteiger partial charge in [0.15, 0.2) is 6.29 Å². The molecule has 0 heterocycles. The highest BCUT2D eigenvalue weighted by Gasteiger charge is 2.17. The molecule has 0 fully saturated rings. The molecule has 0 aliphatic heterocycles. The molecule has 0 aliphatic rings. The van der Waals surface area contributed by atoms with Gasteiger partial charge in [-0.1, -0.05) is 26.8 Å². The van der Waals surface area contributed by atoms with E-state index < -0.39 is 6.09 Å². The molecule has 0 spiro atoms. The molecule has 0 aliphatic carbocycles. The Hall–Kier alpha value is -1.84. The summed E-state index contributed by atoms with van der Waals surface area (Å²) in [6.45, 7) is 6.17. The third-order valence-electron chi connectivity index (χ3n) is 2.57. The summed E-state index contributed by atoms with van der Waals surface area (Å²) in [5, 5.41) is 0. The highest BCUT2D eigenvalue weighted by Crippen LogP contribution is 2.27. The van der Waals surface area contributed by atoms with Gasteiger partial charge in [-0.3, -0.25) is 4.79 Å². The Kier molecular flexibility index (Phi) is 4.11. The van der Waals surface area contributed by atoms with E-state index >= 15 is 0 Å². The van der Waals surface area contributed by atoms with Crippen molar-refractivity contribution in [1.29, 1.82) is 0 Å². The van der Waals surface area contributed by atoms with Gasteiger partial charge >= 0.3 is 6.09 Å². The van der Waals surface area contributed by atoms with Gasteiger partial charge in [-0.15, -0.1) is 0 Å². The molecule has 0 atom stereocenters. The minimum atomic E-state index is -0.499. The average Bonchev–Trinajstić information content (AvgIpc) is 2.27. The third kappa shape index (κ3) is 3.32. The van der Waals surface area contributed by atoms with Crippen molar-refractivity contribution in [2.75, 3.05) is 14.1 Å². The SMILES string of the molecule is CN(C)C(=O)Oc1ccc(C(C)(C)C)cc1C=O. The third-order valence-corrected chi connectivity index (χ3v) is 2.57. The van der Waals surface area contributed by atoms with Crippen molar-refractivity contribution in [2.24, 2.45) is 0 Å². The second-order valence-corrected chi connectivity index (χ2v) is 5.38. The predicted molar refractivity (Wildman–Crippen MR) is 70.2 cm³/mol. The molecule has 0 unspecified atom stereocenters. The van der Waals surface area contributed by atoms with Gasteiger partial charge in [-0.2, -0.15) is 0 Å². The topological polar surface area (TPSA) is 46.6 Å². The largest absolute Gasteiger partial charge is 0.414 e. The minimum absolute atomic E-state index is 0.0537. The second kappa shape index (κ2) is 5.21. The first kappa shape index (κ1) is 14.2. The van der Waals surface area contributed by atoms with Gasteiger partial charge in [-0.25, -0.2) is 4.79 Å². The number of ether oxygens (including phenoxy) is 1. The summed E-state index contributed by atoms with van der Waals surface area (Å²) in [5.74, 6) is 0.289. The van der Waals surface area contributed by atoms with Crippen molar-refractivity contribution in [1.82, 2.24) is 4.90 Å². The minimum Gasteiger partial charge on any atom is -0.409 e. The van der Waals surface area contributed by atoms with Gasteiger partial charge in [0.2, 0.25) is 0 Å². The Labute approximate surface area is 108 Å². The molecule has 4 nitrogen and oxygen atoms in total. The summed E-state index contributed by atoms with van der Waals surface area (Å²) in [6.07, 6.45) is 0.203. The quantitative estimate of drug-likeness (QED) is 0.757. The normalized spacial score (nSPS) is 10.9. The Morgan fingerprint density at radius 2 is 1.89 bits per heavy atom. The molecule has 98 valence electrons. The van der Waals surface area contributed by atoms with Crippen molar-refractivity contribution >= 4 is 12.4 Å². The first-order valence-corrected chi connectivity index (χ1v) is 5.74. The van der Waals surface area contributed by atoms with Crippen LogP contribution < -0.4 is 4.74 Å². The summed E-state index contributed by atoms with van der Waals surface area (Å²) in [4.78, 5) is 23.8. The van der Waals surface area contributed by atoms with Gasteiger partial charge in [0, 0.05) is 14.1 Å². The number of carbonyl (C=O) groups is 2. The smallest absolute Gasteiger partial charge is 0.409 e. The summed E-state index contributed by atoms with van der Waals surface area (Å²) in [7, 11) is 3.18. The Balaban J connectivity index is 3.09. The molecule has 0 saturated carbocycles. The first-order chi connectivity index (χ1) is 8.25. The Morgan fingerprint density at radius 1 is 1.28 bits per heavy atom. The van der Waals surface area contributed by atoms with E-state index in [0.717, 1.165) is 5.56 Å². The van der Waals surface area contributed by atoms with Crippen LogP contribution in [0.25, 0.3) is 0 Å². The van der Waals surface area contributed by atoms with Crippen LogP contribution in [0.5, 0.6) is 5.75 Å². The second-order valence-electron chi connectivity index (χ2n) is 5.38. The van der Waals surface area contributed by atoms with Crippen LogP contribution in [0.4, 0.5) is 4.79 Å². The summed E-state index contributed by atoms with van der Waals surface area (Å²) < 4.78 is 5.12. The molecule has 0 radical (unpaired) electrons. The lowest BCUT2D eigenvalue weighted by Gasteiger charge is -2.20. The van der Waals surface area contributed by atoms with Crippen LogP contribution in [0, 0.1) is 0 Å². The summed E-state index contributed by atoms with van der Waals surface area (Å²) in [5.41, 5.74) is 1.36. The maximum absolute atomic E-state index is 11.4. The molecule has 0 aromatic heterocycles. The predicted octanol–water partition coefficient (Wildman–Crippen LogP) is 2.86. The molecule has 0 saturated heterocycles. The van der Waals surface area contributed by atoms with E-state index in [-0.39, 0.29) is 11.2 Å². The van der Waals surface area contributed by atoms with Crippen LogP contribution in [-0.4, -0.2) is 31.4 Å². The molecule has 1 amide bonds. The molecule has 0 N–H and O–H groups in total. The fraction of sp³-hybridized carbons (Fsp3) is 0.429. The van der Waals surface area contributed by atoms with Gasteiger partial charge in [0.05, 0.1) is 5.56 Å². The molecular formula is C14H19NO3. The fourth-order valence-corrected chi connectivity index (χ4v) is 1.39. The maximum Gasteiger partial charge on any atom is 0.414 e. The molecule has 1 aromatic carbocycles. The van der Waals surface area contributed by atoms with Crippen molar-refractivity contribution in [3.63, 3.8) is 0 Å². The number of hydrogen-bond acceptors (Lipinski definition) is 3. The van der Waals surface area contributed by atoms with Gasteiger partial charge < -0.3 is 9.64 Å². The Bertz CT molecular complexity index is 459. The van der Waals surface area contributed by atoms with E-state index in [1.165, 1.54) is 4.90 Å². The lowest BCUT2D eigenvalue weighted by molar-refractivity contribution is 0.112. The van der Waals surface area contributed by atoms with Crippen molar-refractivity contribution in [3.8, 4) is 5.75 Å². The fourth-order valence-electron chi connectivity index (χ4n) is 1.39. The standard InChI is InChI=1S/C14H19NO3/c1-14(2,3)11-6-7-12(10(8-11)9-16)18-13(17)15(4)5/h6-9H,1-5H3. The van der Waals surface area contributed by atoms with E-state index in [4.69, 9.17) is 4.74 Å². The van der Waals surface area contributed by atoms with Crippen LogP contribution >= 0.6 is 0 Å². The number of aldehydes is 1. The molecule has 4 heteroatoms. The van der Waals surface area contributed by atoms with Crippen LogP contribution in [0.3, 0.4) is 0 Å². The highest BCUT2D eigenvalue weighted by molar-refractivity contribution is 5.82. The number of carbonyl (C=O) groups excluding carboxylic acids is 2. The maximum atomic E-state index is 11.4. The van der Waals surface area contributed by atoms with E-state index in [1.807, 2.05) is 6.07 Å². The van der Waals surface area contributed by atoms with Crippen molar-refractivity contribution in [3.05, 3.63) is 29.3 Å². The number of amides is 1. The Morgan fingerprint density at radius 3 is 2.33 bits per heavy atom. The number of nitrogens with zero attached hydrogens (tertiary/aromatic N) is 1. The monoisotopic (exact) mass is 249 g/mol. The molecule has 18 heavy (non-hydrogen) atoms. The number of hydrogen-bond donors (Lipinski definition) is 0. The van der Waals surface area contributed by atoms with Crippen LogP contribution in [0.1, 0.15) is 36.7 Å². The molecule has 1 aromatic rings.